The fraction of sp³-hybridized carbons (Fsp3) is 0.448. The van der Waals surface area contributed by atoms with E-state index in [4.69, 9.17) is 4.98 Å². The van der Waals surface area contributed by atoms with Crippen LogP contribution in [-0.4, -0.2) is 61.3 Å². The van der Waals surface area contributed by atoms with E-state index < -0.39 is 5.54 Å². The standard InChI is InChI=1S/C29H32N6O3/c36-25(21-7-3-1-4-8-21)18-35-28-32-24(23-11-14-30-20-31-23)17-26(37)34(28)16-13-29(35)12-15-33(19-29)27(38)22-9-5-2-6-10-22/h1,3-4,7-8,11,14,17,20,22H,2,5-6,9-10,12-13,15-16,18-19H2. The molecule has 1 amide bonds. The number of ketones is 1. The molecule has 0 radical (unpaired) electrons. The Morgan fingerprint density at radius 1 is 0.974 bits per heavy atom. The number of fused-ring (bicyclic) bond motifs is 1. The zero-order valence-corrected chi connectivity index (χ0v) is 21.5. The van der Waals surface area contributed by atoms with Crippen LogP contribution in [0.4, 0.5) is 5.95 Å². The fourth-order valence-electron chi connectivity index (χ4n) is 6.32. The maximum Gasteiger partial charge on any atom is 0.255 e. The number of rotatable bonds is 5. The van der Waals surface area contributed by atoms with Crippen molar-refractivity contribution in [3.8, 4) is 11.4 Å². The van der Waals surface area contributed by atoms with Gasteiger partial charge in [-0.25, -0.2) is 15.0 Å². The summed E-state index contributed by atoms with van der Waals surface area (Å²) in [6.07, 6.45) is 9.80. The second-order valence-corrected chi connectivity index (χ2v) is 10.7. The van der Waals surface area contributed by atoms with Crippen LogP contribution in [0.2, 0.25) is 0 Å². The first-order valence-electron chi connectivity index (χ1n) is 13.6. The summed E-state index contributed by atoms with van der Waals surface area (Å²) in [5.74, 6) is 0.756. The van der Waals surface area contributed by atoms with Crippen molar-refractivity contribution >= 4 is 17.6 Å². The third kappa shape index (κ3) is 4.50. The molecular formula is C29H32N6O3. The van der Waals surface area contributed by atoms with Crippen molar-refractivity contribution in [1.29, 1.82) is 0 Å². The maximum absolute atomic E-state index is 13.5. The van der Waals surface area contributed by atoms with E-state index in [2.05, 4.69) is 9.97 Å². The molecule has 1 atom stereocenters. The highest BCUT2D eigenvalue weighted by Crippen LogP contribution is 2.40. The molecule has 2 aliphatic heterocycles. The Balaban J connectivity index is 1.38. The van der Waals surface area contributed by atoms with E-state index in [9.17, 15) is 14.4 Å². The lowest BCUT2D eigenvalue weighted by atomic mass is 9.87. The number of nitrogens with zero attached hydrogens (tertiary/aromatic N) is 6. The minimum absolute atomic E-state index is 0.0443. The largest absolute Gasteiger partial charge is 0.340 e. The molecule has 38 heavy (non-hydrogen) atoms. The average Bonchev–Trinajstić information content (AvgIpc) is 3.40. The first-order chi connectivity index (χ1) is 18.5. The van der Waals surface area contributed by atoms with Gasteiger partial charge in [0.25, 0.3) is 5.56 Å². The number of anilines is 1. The van der Waals surface area contributed by atoms with Gasteiger partial charge >= 0.3 is 0 Å². The van der Waals surface area contributed by atoms with Gasteiger partial charge in [-0.15, -0.1) is 0 Å². The highest BCUT2D eigenvalue weighted by atomic mass is 16.2. The highest BCUT2D eigenvalue weighted by molar-refractivity contribution is 5.99. The molecule has 6 rings (SSSR count). The molecule has 1 aromatic carbocycles. The molecule has 2 fully saturated rings. The number of hydrogen-bond donors (Lipinski definition) is 0. The summed E-state index contributed by atoms with van der Waals surface area (Å²) in [7, 11) is 0. The van der Waals surface area contributed by atoms with E-state index in [1.807, 2.05) is 40.1 Å². The number of carbonyl (C=O) groups is 2. The van der Waals surface area contributed by atoms with Crippen LogP contribution in [0.15, 0.2) is 59.8 Å². The van der Waals surface area contributed by atoms with Crippen LogP contribution >= 0.6 is 0 Å². The Kier molecular flexibility index (Phi) is 6.51. The van der Waals surface area contributed by atoms with Crippen molar-refractivity contribution in [3.63, 3.8) is 0 Å². The van der Waals surface area contributed by atoms with Gasteiger partial charge in [-0.1, -0.05) is 49.6 Å². The van der Waals surface area contributed by atoms with E-state index >= 15 is 0 Å². The van der Waals surface area contributed by atoms with Gasteiger partial charge < -0.3 is 9.80 Å². The molecule has 9 nitrogen and oxygen atoms in total. The smallest absolute Gasteiger partial charge is 0.255 e. The summed E-state index contributed by atoms with van der Waals surface area (Å²) in [6, 6.07) is 12.4. The number of carbonyl (C=O) groups excluding carboxylic acids is 2. The Morgan fingerprint density at radius 3 is 2.53 bits per heavy atom. The summed E-state index contributed by atoms with van der Waals surface area (Å²) < 4.78 is 1.65. The van der Waals surface area contributed by atoms with Gasteiger partial charge in [-0.3, -0.25) is 19.0 Å². The molecule has 0 bridgehead atoms. The molecule has 2 aromatic heterocycles. The summed E-state index contributed by atoms with van der Waals surface area (Å²) in [6.45, 7) is 1.76. The van der Waals surface area contributed by atoms with Crippen molar-refractivity contribution in [2.24, 2.45) is 5.92 Å². The van der Waals surface area contributed by atoms with Crippen LogP contribution in [-0.2, 0) is 11.3 Å². The van der Waals surface area contributed by atoms with Crippen LogP contribution in [0.3, 0.4) is 0 Å². The first kappa shape index (κ1) is 24.5. The second-order valence-electron chi connectivity index (χ2n) is 10.7. The van der Waals surface area contributed by atoms with Gasteiger partial charge in [0.1, 0.15) is 6.33 Å². The summed E-state index contributed by atoms with van der Waals surface area (Å²) >= 11 is 0. The molecule has 1 aliphatic carbocycles. The van der Waals surface area contributed by atoms with Crippen LogP contribution < -0.4 is 10.5 Å². The second kappa shape index (κ2) is 10.1. The van der Waals surface area contributed by atoms with Gasteiger partial charge in [0.05, 0.1) is 23.5 Å². The molecule has 1 saturated heterocycles. The van der Waals surface area contributed by atoms with E-state index in [1.165, 1.54) is 18.8 Å². The molecule has 1 saturated carbocycles. The van der Waals surface area contributed by atoms with Gasteiger partial charge in [-0.2, -0.15) is 0 Å². The summed E-state index contributed by atoms with van der Waals surface area (Å²) in [5, 5.41) is 0. The van der Waals surface area contributed by atoms with E-state index in [-0.39, 0.29) is 29.7 Å². The van der Waals surface area contributed by atoms with Crippen molar-refractivity contribution < 1.29 is 9.59 Å². The molecule has 3 aliphatic rings. The quantitative estimate of drug-likeness (QED) is 0.483. The normalized spacial score (nSPS) is 21.5. The molecule has 9 heteroatoms. The molecule has 1 unspecified atom stereocenters. The zero-order chi connectivity index (χ0) is 26.1. The Bertz CT molecular complexity index is 1390. The highest BCUT2D eigenvalue weighted by Gasteiger charge is 2.49. The average molecular weight is 513 g/mol. The number of benzene rings is 1. The van der Waals surface area contributed by atoms with E-state index in [0.717, 1.165) is 32.1 Å². The molecule has 0 N–H and O–H groups in total. The topological polar surface area (TPSA) is 101 Å². The maximum atomic E-state index is 13.5. The van der Waals surface area contributed by atoms with Crippen LogP contribution in [0.25, 0.3) is 11.4 Å². The van der Waals surface area contributed by atoms with Crippen molar-refractivity contribution in [3.05, 3.63) is 70.9 Å². The lowest BCUT2D eigenvalue weighted by molar-refractivity contribution is -0.135. The Labute approximate surface area is 221 Å². The number of amides is 1. The molecule has 4 heterocycles. The predicted molar refractivity (Wildman–Crippen MR) is 143 cm³/mol. The number of Topliss-reactive ketones (excluding diaryl/α,β-unsaturated/α-hetero) is 1. The molecule has 3 aromatic rings. The fourth-order valence-corrected chi connectivity index (χ4v) is 6.32. The summed E-state index contributed by atoms with van der Waals surface area (Å²) in [5.41, 5.74) is 0.977. The molecule has 196 valence electrons. The van der Waals surface area contributed by atoms with Crippen molar-refractivity contribution in [2.75, 3.05) is 24.5 Å². The molecular weight excluding hydrogens is 480 g/mol. The molecule has 1 spiro atoms. The lowest BCUT2D eigenvalue weighted by Crippen LogP contribution is -2.58. The van der Waals surface area contributed by atoms with Gasteiger partial charge in [0.2, 0.25) is 11.9 Å². The number of aromatic nitrogens is 4. The third-order valence-corrected chi connectivity index (χ3v) is 8.44. The minimum Gasteiger partial charge on any atom is -0.340 e. The van der Waals surface area contributed by atoms with Gasteiger partial charge in [-0.05, 0) is 31.7 Å². The van der Waals surface area contributed by atoms with E-state index in [1.54, 1.807) is 16.8 Å². The number of likely N-dealkylation sites (tertiary alicyclic amines) is 1. The van der Waals surface area contributed by atoms with Gasteiger partial charge in [0, 0.05) is 43.4 Å². The monoisotopic (exact) mass is 512 g/mol. The van der Waals surface area contributed by atoms with E-state index in [0.29, 0.717) is 49.0 Å². The van der Waals surface area contributed by atoms with Crippen LogP contribution in [0, 0.1) is 5.92 Å². The van der Waals surface area contributed by atoms with Crippen molar-refractivity contribution in [2.45, 2.75) is 57.0 Å². The zero-order valence-electron chi connectivity index (χ0n) is 21.5. The predicted octanol–water partition coefficient (Wildman–Crippen LogP) is 3.34. The summed E-state index contributed by atoms with van der Waals surface area (Å²) in [4.78, 5) is 57.4. The Hall–Kier alpha value is -3.88. The van der Waals surface area contributed by atoms with Gasteiger partial charge in [0.15, 0.2) is 5.78 Å². The lowest BCUT2D eigenvalue weighted by Gasteiger charge is -2.46. The Morgan fingerprint density at radius 2 is 1.76 bits per heavy atom. The third-order valence-electron chi connectivity index (χ3n) is 8.44. The van der Waals surface area contributed by atoms with Crippen LogP contribution in [0.5, 0.6) is 0 Å². The first-order valence-corrected chi connectivity index (χ1v) is 13.6. The van der Waals surface area contributed by atoms with Crippen molar-refractivity contribution in [1.82, 2.24) is 24.4 Å². The van der Waals surface area contributed by atoms with Crippen LogP contribution in [0.1, 0.15) is 55.3 Å². The SMILES string of the molecule is O=C(CN1c2nc(-c3ccncn3)cc(=O)n2CCC12CCN(C(=O)C1CCCCC1)C2)c1ccccc1. The number of hydrogen-bond acceptors (Lipinski definition) is 7. The minimum atomic E-state index is -0.460.